The lowest BCUT2D eigenvalue weighted by Gasteiger charge is -2.40. The lowest BCUT2D eigenvalue weighted by Crippen LogP contribution is -2.55. The summed E-state index contributed by atoms with van der Waals surface area (Å²) in [5, 5.41) is 33.2. The summed E-state index contributed by atoms with van der Waals surface area (Å²) in [5.41, 5.74) is 1.90. The zero-order valence-corrected chi connectivity index (χ0v) is 26.2. The number of nitrogens with one attached hydrogen (secondary N) is 1. The number of hydrogen-bond donors (Lipinski definition) is 4. The topological polar surface area (TPSA) is 138 Å². The fourth-order valence-corrected chi connectivity index (χ4v) is 5.52. The standard InChI is InChI=1S/C31H39IN2O8/c1-4-5-9-28(37)34(12-10-20-7-6-8-23(14-20)40-2)25-17-22(31(39)33-11-13-35)18-26(29(25)38)42-30-24(32)15-21(19-36)16-27(30)41-3/h5-9,14-16,18,25-26,29,35-36,38H,4,10-13,17,19H2,1-3H3,(H,33,39)/t25-,26+,29+/m1/s1. The second-order valence-corrected chi connectivity index (χ2v) is 10.9. The third kappa shape index (κ3) is 8.69. The Balaban J connectivity index is 2.01. The van der Waals surface area contributed by atoms with E-state index < -0.39 is 24.2 Å². The molecule has 2 amide bonds. The Bertz CT molecular complexity index is 1280. The number of ether oxygens (including phenoxy) is 3. The van der Waals surface area contributed by atoms with Crippen LogP contribution in [-0.2, 0) is 22.6 Å². The predicted octanol–water partition coefficient (Wildman–Crippen LogP) is 2.75. The van der Waals surface area contributed by atoms with Gasteiger partial charge in [-0.3, -0.25) is 9.59 Å². The molecule has 0 radical (unpaired) electrons. The van der Waals surface area contributed by atoms with Gasteiger partial charge in [0.1, 0.15) is 18.0 Å². The van der Waals surface area contributed by atoms with Gasteiger partial charge in [-0.1, -0.05) is 25.1 Å². The van der Waals surface area contributed by atoms with Gasteiger partial charge in [0.05, 0.1) is 37.0 Å². The molecule has 1 aliphatic rings. The van der Waals surface area contributed by atoms with Crippen LogP contribution in [0.2, 0.25) is 0 Å². The number of carbonyl (C=O) groups excluding carboxylic acids is 2. The molecule has 1 aliphatic carbocycles. The molecule has 0 saturated heterocycles. The fraction of sp³-hybridized carbons (Fsp3) is 0.419. The van der Waals surface area contributed by atoms with Gasteiger partial charge in [0.2, 0.25) is 11.8 Å². The molecule has 3 rings (SSSR count). The number of halogens is 1. The molecule has 11 heteroatoms. The van der Waals surface area contributed by atoms with Crippen LogP contribution in [0.5, 0.6) is 17.2 Å². The van der Waals surface area contributed by atoms with Crippen LogP contribution in [0.25, 0.3) is 0 Å². The largest absolute Gasteiger partial charge is 0.497 e. The number of hydrogen-bond acceptors (Lipinski definition) is 8. The summed E-state index contributed by atoms with van der Waals surface area (Å²) in [6, 6.07) is 10.1. The Hall–Kier alpha value is -3.13. The van der Waals surface area contributed by atoms with Crippen molar-refractivity contribution in [3.05, 3.63) is 74.9 Å². The molecule has 2 aromatic carbocycles. The maximum Gasteiger partial charge on any atom is 0.247 e. The number of benzene rings is 2. The van der Waals surface area contributed by atoms with Crippen molar-refractivity contribution in [2.75, 3.05) is 33.9 Å². The molecule has 0 bridgehead atoms. The third-order valence-corrected chi connectivity index (χ3v) is 7.70. The zero-order valence-electron chi connectivity index (χ0n) is 24.1. The minimum atomic E-state index is -1.19. The number of aliphatic hydroxyl groups excluding tert-OH is 3. The van der Waals surface area contributed by atoms with Gasteiger partial charge in [0.25, 0.3) is 0 Å². The van der Waals surface area contributed by atoms with Crippen molar-refractivity contribution in [3.63, 3.8) is 0 Å². The minimum Gasteiger partial charge on any atom is -0.497 e. The number of nitrogens with zero attached hydrogens (tertiary/aromatic N) is 1. The quantitative estimate of drug-likeness (QED) is 0.175. The summed E-state index contributed by atoms with van der Waals surface area (Å²) in [7, 11) is 3.06. The van der Waals surface area contributed by atoms with Gasteiger partial charge in [-0.05, 0) is 83.0 Å². The van der Waals surface area contributed by atoms with Crippen molar-refractivity contribution in [1.82, 2.24) is 10.2 Å². The zero-order chi connectivity index (χ0) is 30.6. The van der Waals surface area contributed by atoms with Crippen LogP contribution in [0.3, 0.4) is 0 Å². The highest BCUT2D eigenvalue weighted by atomic mass is 127. The van der Waals surface area contributed by atoms with Crippen molar-refractivity contribution in [1.29, 1.82) is 0 Å². The molecule has 2 aromatic rings. The Morgan fingerprint density at radius 3 is 2.60 bits per heavy atom. The van der Waals surface area contributed by atoms with E-state index in [1.165, 1.54) is 13.2 Å². The number of amides is 2. The smallest absolute Gasteiger partial charge is 0.247 e. The summed E-state index contributed by atoms with van der Waals surface area (Å²) >= 11 is 2.06. The second kappa shape index (κ2) is 16.5. The molecule has 0 spiro atoms. The highest BCUT2D eigenvalue weighted by Gasteiger charge is 2.40. The average molecular weight is 695 g/mol. The molecule has 4 N–H and O–H groups in total. The Morgan fingerprint density at radius 2 is 1.93 bits per heavy atom. The summed E-state index contributed by atoms with van der Waals surface area (Å²) in [4.78, 5) is 28.2. The van der Waals surface area contributed by atoms with Gasteiger partial charge in [0.15, 0.2) is 11.5 Å². The Morgan fingerprint density at radius 1 is 1.14 bits per heavy atom. The van der Waals surface area contributed by atoms with Gasteiger partial charge >= 0.3 is 0 Å². The van der Waals surface area contributed by atoms with Crippen molar-refractivity contribution in [3.8, 4) is 17.2 Å². The van der Waals surface area contributed by atoms with Crippen molar-refractivity contribution in [2.45, 2.75) is 51.0 Å². The first-order valence-corrected chi connectivity index (χ1v) is 14.9. The second-order valence-electron chi connectivity index (χ2n) is 9.73. The first-order chi connectivity index (χ1) is 20.3. The number of carbonyl (C=O) groups is 2. The SMILES string of the molecule is CCC=CC(=O)N(CCc1cccc(OC)c1)[C@@H]1CC(C(=O)NCCO)=C[C@H](Oc2c(I)cc(CO)cc2OC)[C@H]1O. The van der Waals surface area contributed by atoms with Crippen LogP contribution in [0.4, 0.5) is 0 Å². The van der Waals surface area contributed by atoms with E-state index in [0.717, 1.165) is 5.56 Å². The lowest BCUT2D eigenvalue weighted by atomic mass is 9.87. The van der Waals surface area contributed by atoms with Gasteiger partial charge in [-0.2, -0.15) is 0 Å². The van der Waals surface area contributed by atoms with Crippen LogP contribution in [-0.4, -0.2) is 84.2 Å². The number of methoxy groups -OCH3 is 2. The van der Waals surface area contributed by atoms with E-state index >= 15 is 0 Å². The van der Waals surface area contributed by atoms with E-state index in [2.05, 4.69) is 27.9 Å². The monoisotopic (exact) mass is 694 g/mol. The molecule has 10 nitrogen and oxygen atoms in total. The fourth-order valence-electron chi connectivity index (χ4n) is 4.73. The van der Waals surface area contributed by atoms with E-state index in [4.69, 9.17) is 14.2 Å². The molecular formula is C31H39IN2O8. The van der Waals surface area contributed by atoms with Crippen LogP contribution in [0, 0.1) is 3.57 Å². The maximum atomic E-state index is 13.5. The summed E-state index contributed by atoms with van der Waals surface area (Å²) in [6.07, 6.45) is 3.82. The molecule has 228 valence electrons. The van der Waals surface area contributed by atoms with E-state index in [9.17, 15) is 24.9 Å². The third-order valence-electron chi connectivity index (χ3n) is 6.90. The molecule has 0 aliphatic heterocycles. The molecule has 0 saturated carbocycles. The van der Waals surface area contributed by atoms with E-state index in [-0.39, 0.29) is 38.6 Å². The first-order valence-electron chi connectivity index (χ1n) is 13.8. The van der Waals surface area contributed by atoms with Crippen molar-refractivity contribution < 1.29 is 39.1 Å². The van der Waals surface area contributed by atoms with Gasteiger partial charge < -0.3 is 39.7 Å². The molecule has 0 fully saturated rings. The van der Waals surface area contributed by atoms with E-state index in [0.29, 0.717) is 44.8 Å². The molecule has 0 heterocycles. The summed E-state index contributed by atoms with van der Waals surface area (Å²) in [6.45, 7) is 1.83. The van der Waals surface area contributed by atoms with Crippen LogP contribution in [0.15, 0.2) is 60.2 Å². The normalized spacial score (nSPS) is 18.4. The summed E-state index contributed by atoms with van der Waals surface area (Å²) < 4.78 is 17.8. The molecule has 0 unspecified atom stereocenters. The Labute approximate surface area is 260 Å². The van der Waals surface area contributed by atoms with Crippen molar-refractivity contribution >= 4 is 34.4 Å². The van der Waals surface area contributed by atoms with Gasteiger partial charge in [-0.25, -0.2) is 0 Å². The van der Waals surface area contributed by atoms with Gasteiger partial charge in [-0.15, -0.1) is 0 Å². The highest BCUT2D eigenvalue weighted by molar-refractivity contribution is 14.1. The van der Waals surface area contributed by atoms with Crippen LogP contribution >= 0.6 is 22.6 Å². The average Bonchev–Trinajstić information content (AvgIpc) is 3.00. The minimum absolute atomic E-state index is 0.0565. The van der Waals surface area contributed by atoms with Gasteiger partial charge in [0, 0.05) is 25.1 Å². The number of aliphatic hydroxyl groups is 3. The Kier molecular flexibility index (Phi) is 13.1. The molecule has 42 heavy (non-hydrogen) atoms. The van der Waals surface area contributed by atoms with Crippen LogP contribution < -0.4 is 19.5 Å². The number of rotatable bonds is 14. The van der Waals surface area contributed by atoms with Crippen molar-refractivity contribution in [2.24, 2.45) is 0 Å². The van der Waals surface area contributed by atoms with Crippen LogP contribution in [0.1, 0.15) is 30.9 Å². The lowest BCUT2D eigenvalue weighted by molar-refractivity contribution is -0.133. The first kappa shape index (κ1) is 33.4. The highest BCUT2D eigenvalue weighted by Crippen LogP contribution is 2.37. The molecule has 0 aromatic heterocycles. The van der Waals surface area contributed by atoms with E-state index in [1.807, 2.05) is 31.2 Å². The summed E-state index contributed by atoms with van der Waals surface area (Å²) in [5.74, 6) is 0.683. The number of allylic oxidation sites excluding steroid dienone is 1. The maximum absolute atomic E-state index is 13.5. The molecule has 3 atom stereocenters. The predicted molar refractivity (Wildman–Crippen MR) is 166 cm³/mol. The molecular weight excluding hydrogens is 655 g/mol. The van der Waals surface area contributed by atoms with E-state index in [1.54, 1.807) is 36.3 Å².